The Balaban J connectivity index is 1.87. The van der Waals surface area contributed by atoms with Crippen LogP contribution in [0.3, 0.4) is 0 Å². The van der Waals surface area contributed by atoms with Gasteiger partial charge in [-0.25, -0.2) is 0 Å². The van der Waals surface area contributed by atoms with Crippen LogP contribution < -0.4 is 4.74 Å². The van der Waals surface area contributed by atoms with E-state index in [1.54, 1.807) is 0 Å². The Bertz CT molecular complexity index is 1030. The fourth-order valence-corrected chi connectivity index (χ4v) is 3.16. The van der Waals surface area contributed by atoms with Gasteiger partial charge in [0.05, 0.1) is 0 Å². The number of hydrogen-bond donors (Lipinski definition) is 1. The lowest BCUT2D eigenvalue weighted by molar-refractivity contribution is 0.293. The van der Waals surface area contributed by atoms with Crippen molar-refractivity contribution in [1.82, 2.24) is 0 Å². The summed E-state index contributed by atoms with van der Waals surface area (Å²) < 4.78 is 6.08. The van der Waals surface area contributed by atoms with E-state index in [0.717, 1.165) is 27.1 Å². The third kappa shape index (κ3) is 2.37. The van der Waals surface area contributed by atoms with E-state index >= 15 is 0 Å². The molecule has 0 unspecified atom stereocenters. The molecule has 1 N–H and O–H groups in total. The largest absolute Gasteiger partial charge is 0.504 e. The Labute approximate surface area is 140 Å². The molecule has 2 nitrogen and oxygen atoms in total. The monoisotopic (exact) mass is 314 g/mol. The third-order valence-electron chi connectivity index (χ3n) is 4.49. The number of phenols is 1. The standard InChI is InChI=1S/C22H18O2/c1-15-8-2-3-9-16(15)14-24-22-20-13-7-5-11-18(20)17-10-4-6-12-19(17)21(22)23/h2-13,23H,14H2,1H3. The van der Waals surface area contributed by atoms with Crippen molar-refractivity contribution in [2.24, 2.45) is 0 Å². The van der Waals surface area contributed by atoms with Gasteiger partial charge >= 0.3 is 0 Å². The number of aryl methyl sites for hydroxylation is 1. The first-order valence-corrected chi connectivity index (χ1v) is 8.05. The van der Waals surface area contributed by atoms with Crippen LogP contribution in [-0.2, 0) is 6.61 Å². The van der Waals surface area contributed by atoms with Crippen LogP contribution in [0.2, 0.25) is 0 Å². The molecule has 0 saturated heterocycles. The SMILES string of the molecule is Cc1ccccc1COc1c(O)c2ccccc2c2ccccc12. The van der Waals surface area contributed by atoms with Crippen molar-refractivity contribution in [3.63, 3.8) is 0 Å². The van der Waals surface area contributed by atoms with Gasteiger partial charge in [-0.2, -0.15) is 0 Å². The summed E-state index contributed by atoms with van der Waals surface area (Å²) in [5.74, 6) is 0.755. The van der Waals surface area contributed by atoms with E-state index in [2.05, 4.69) is 25.1 Å². The first kappa shape index (κ1) is 14.6. The Morgan fingerprint density at radius 3 is 1.96 bits per heavy atom. The molecule has 0 atom stereocenters. The Kier molecular flexibility index (Phi) is 3.58. The molecule has 0 heterocycles. The topological polar surface area (TPSA) is 29.5 Å². The van der Waals surface area contributed by atoms with E-state index in [9.17, 15) is 5.11 Å². The van der Waals surface area contributed by atoms with Crippen molar-refractivity contribution in [3.8, 4) is 11.5 Å². The highest BCUT2D eigenvalue weighted by Crippen LogP contribution is 2.42. The average Bonchev–Trinajstić information content (AvgIpc) is 2.63. The second-order valence-electron chi connectivity index (χ2n) is 5.98. The molecule has 0 spiro atoms. The summed E-state index contributed by atoms with van der Waals surface area (Å²) in [6.07, 6.45) is 0. The van der Waals surface area contributed by atoms with Gasteiger partial charge in [-0.3, -0.25) is 0 Å². The summed E-state index contributed by atoms with van der Waals surface area (Å²) in [5.41, 5.74) is 2.30. The molecule has 0 aromatic heterocycles. The molecule has 24 heavy (non-hydrogen) atoms. The van der Waals surface area contributed by atoms with Gasteiger partial charge in [-0.15, -0.1) is 0 Å². The second-order valence-corrected chi connectivity index (χ2v) is 5.98. The van der Waals surface area contributed by atoms with Gasteiger partial charge < -0.3 is 9.84 Å². The predicted molar refractivity (Wildman–Crippen MR) is 98.6 cm³/mol. The molecular formula is C22H18O2. The fourth-order valence-electron chi connectivity index (χ4n) is 3.16. The van der Waals surface area contributed by atoms with E-state index in [1.165, 1.54) is 5.56 Å². The number of benzene rings is 4. The number of rotatable bonds is 3. The molecule has 0 bridgehead atoms. The molecule has 0 radical (unpaired) electrons. The van der Waals surface area contributed by atoms with E-state index in [0.29, 0.717) is 12.4 Å². The minimum atomic E-state index is 0.206. The Morgan fingerprint density at radius 2 is 1.25 bits per heavy atom. The maximum Gasteiger partial charge on any atom is 0.169 e. The summed E-state index contributed by atoms with van der Waals surface area (Å²) in [7, 11) is 0. The molecule has 118 valence electrons. The van der Waals surface area contributed by atoms with E-state index in [-0.39, 0.29) is 5.75 Å². The fraction of sp³-hybridized carbons (Fsp3) is 0.0909. The van der Waals surface area contributed by atoms with E-state index < -0.39 is 0 Å². The Morgan fingerprint density at radius 1 is 0.708 bits per heavy atom. The van der Waals surface area contributed by atoms with Gasteiger partial charge in [0, 0.05) is 10.8 Å². The number of fused-ring (bicyclic) bond motifs is 3. The first-order valence-electron chi connectivity index (χ1n) is 8.05. The van der Waals surface area contributed by atoms with Gasteiger partial charge in [0.25, 0.3) is 0 Å². The number of ether oxygens (including phenoxy) is 1. The van der Waals surface area contributed by atoms with Crippen molar-refractivity contribution in [1.29, 1.82) is 0 Å². The van der Waals surface area contributed by atoms with Crippen LogP contribution in [0.4, 0.5) is 0 Å². The van der Waals surface area contributed by atoms with E-state index in [1.807, 2.05) is 54.6 Å². The lowest BCUT2D eigenvalue weighted by Gasteiger charge is -2.15. The molecule has 0 fully saturated rings. The molecule has 0 aliphatic rings. The maximum atomic E-state index is 10.8. The molecule has 0 saturated carbocycles. The highest BCUT2D eigenvalue weighted by Gasteiger charge is 2.14. The van der Waals surface area contributed by atoms with Crippen molar-refractivity contribution < 1.29 is 9.84 Å². The molecule has 0 amide bonds. The number of phenolic OH excluding ortho intramolecular Hbond substituents is 1. The molecule has 0 aliphatic carbocycles. The van der Waals surface area contributed by atoms with Crippen LogP contribution in [0.1, 0.15) is 11.1 Å². The lowest BCUT2D eigenvalue weighted by atomic mass is 10.00. The number of hydrogen-bond acceptors (Lipinski definition) is 2. The van der Waals surface area contributed by atoms with Gasteiger partial charge in [0.15, 0.2) is 11.5 Å². The van der Waals surface area contributed by atoms with E-state index in [4.69, 9.17) is 4.74 Å². The molecule has 2 heteroatoms. The molecular weight excluding hydrogens is 296 g/mol. The van der Waals surface area contributed by atoms with Crippen molar-refractivity contribution >= 4 is 21.5 Å². The smallest absolute Gasteiger partial charge is 0.169 e. The zero-order chi connectivity index (χ0) is 16.5. The lowest BCUT2D eigenvalue weighted by Crippen LogP contribution is -1.99. The minimum absolute atomic E-state index is 0.206. The normalized spacial score (nSPS) is 11.0. The second kappa shape index (κ2) is 5.89. The highest BCUT2D eigenvalue weighted by molar-refractivity contribution is 6.13. The van der Waals surface area contributed by atoms with Crippen LogP contribution in [-0.4, -0.2) is 5.11 Å². The van der Waals surface area contributed by atoms with Gasteiger partial charge in [-0.05, 0) is 28.8 Å². The van der Waals surface area contributed by atoms with Crippen LogP contribution in [0.5, 0.6) is 11.5 Å². The summed E-state index contributed by atoms with van der Waals surface area (Å²) >= 11 is 0. The summed E-state index contributed by atoms with van der Waals surface area (Å²) in [5, 5.41) is 14.6. The summed E-state index contributed by atoms with van der Waals surface area (Å²) in [6, 6.07) is 24.1. The zero-order valence-electron chi connectivity index (χ0n) is 13.5. The molecule has 0 aliphatic heterocycles. The molecule has 4 rings (SSSR count). The quantitative estimate of drug-likeness (QED) is 0.500. The molecule has 4 aromatic rings. The van der Waals surface area contributed by atoms with Crippen LogP contribution >= 0.6 is 0 Å². The van der Waals surface area contributed by atoms with Crippen LogP contribution in [0, 0.1) is 6.92 Å². The van der Waals surface area contributed by atoms with Gasteiger partial charge in [-0.1, -0.05) is 72.8 Å². The summed E-state index contributed by atoms with van der Waals surface area (Å²) in [6.45, 7) is 2.50. The highest BCUT2D eigenvalue weighted by atomic mass is 16.5. The third-order valence-corrected chi connectivity index (χ3v) is 4.49. The Hall–Kier alpha value is -3.00. The number of aromatic hydroxyl groups is 1. The van der Waals surface area contributed by atoms with Crippen molar-refractivity contribution in [2.45, 2.75) is 13.5 Å². The minimum Gasteiger partial charge on any atom is -0.504 e. The van der Waals surface area contributed by atoms with Gasteiger partial charge in [0.1, 0.15) is 6.61 Å². The predicted octanol–water partition coefficient (Wildman–Crippen LogP) is 5.59. The zero-order valence-corrected chi connectivity index (χ0v) is 13.5. The van der Waals surface area contributed by atoms with Crippen molar-refractivity contribution in [2.75, 3.05) is 0 Å². The van der Waals surface area contributed by atoms with Crippen molar-refractivity contribution in [3.05, 3.63) is 83.9 Å². The molecule has 4 aromatic carbocycles. The average molecular weight is 314 g/mol. The van der Waals surface area contributed by atoms with Crippen LogP contribution in [0.15, 0.2) is 72.8 Å². The maximum absolute atomic E-state index is 10.8. The van der Waals surface area contributed by atoms with Gasteiger partial charge in [0.2, 0.25) is 0 Å². The summed E-state index contributed by atoms with van der Waals surface area (Å²) in [4.78, 5) is 0. The first-order chi connectivity index (χ1) is 11.8. The van der Waals surface area contributed by atoms with Crippen LogP contribution in [0.25, 0.3) is 21.5 Å².